The van der Waals surface area contributed by atoms with Crippen LogP contribution in [0.4, 0.5) is 5.95 Å². The van der Waals surface area contributed by atoms with Crippen molar-refractivity contribution in [2.24, 2.45) is 0 Å². The van der Waals surface area contributed by atoms with Gasteiger partial charge in [0.25, 0.3) is 5.56 Å². The Balaban J connectivity index is 1.96. The van der Waals surface area contributed by atoms with Gasteiger partial charge < -0.3 is 15.0 Å². The highest BCUT2D eigenvalue weighted by Crippen LogP contribution is 2.04. The van der Waals surface area contributed by atoms with Crippen LogP contribution in [0, 0.1) is 0 Å². The number of carbonyl (C=O) groups is 1. The van der Waals surface area contributed by atoms with Crippen molar-refractivity contribution in [3.05, 3.63) is 16.0 Å². The molecule has 1 saturated heterocycles. The Morgan fingerprint density at radius 1 is 1.33 bits per heavy atom. The normalized spacial score (nSPS) is 15.3. The lowest BCUT2D eigenvalue weighted by Gasteiger charge is -2.27. The van der Waals surface area contributed by atoms with Crippen LogP contribution in [0.2, 0.25) is 0 Å². The first-order valence-electron chi connectivity index (χ1n) is 7.17. The lowest BCUT2D eigenvalue weighted by molar-refractivity contribution is -0.147. The predicted octanol–water partition coefficient (Wildman–Crippen LogP) is -0.541. The zero-order valence-electron chi connectivity index (χ0n) is 12.4. The quantitative estimate of drug-likeness (QED) is 0.703. The molecule has 116 valence electrons. The zero-order chi connectivity index (χ0) is 15.2. The summed E-state index contributed by atoms with van der Waals surface area (Å²) in [6, 6.07) is 0. The van der Waals surface area contributed by atoms with Gasteiger partial charge in [0.2, 0.25) is 5.95 Å². The standard InChI is InChI=1S/C13H21N5O3/c1-9(2)21-11(19)4-3-10-12(20)15-13(17-16-10)18-7-5-14-6-8-18/h9,14H,3-8H2,1-2H3,(H,15,17,20). The van der Waals surface area contributed by atoms with Crippen molar-refractivity contribution in [3.8, 4) is 0 Å². The summed E-state index contributed by atoms with van der Waals surface area (Å²) in [5.74, 6) is 0.146. The van der Waals surface area contributed by atoms with E-state index in [1.165, 1.54) is 0 Å². The number of H-pyrrole nitrogens is 1. The number of aromatic amines is 1. The second-order valence-corrected chi connectivity index (χ2v) is 5.20. The third-order valence-corrected chi connectivity index (χ3v) is 3.10. The first-order chi connectivity index (χ1) is 10.1. The summed E-state index contributed by atoms with van der Waals surface area (Å²) in [6.45, 7) is 6.84. The molecule has 2 N–H and O–H groups in total. The number of nitrogens with one attached hydrogen (secondary N) is 2. The van der Waals surface area contributed by atoms with Crippen molar-refractivity contribution >= 4 is 11.9 Å². The molecule has 0 aliphatic carbocycles. The molecule has 2 heterocycles. The van der Waals surface area contributed by atoms with E-state index in [1.54, 1.807) is 13.8 Å². The van der Waals surface area contributed by atoms with Crippen LogP contribution in [-0.4, -0.2) is 53.4 Å². The molecule has 8 nitrogen and oxygen atoms in total. The van der Waals surface area contributed by atoms with E-state index in [1.807, 2.05) is 4.90 Å². The van der Waals surface area contributed by atoms with Crippen molar-refractivity contribution in [1.29, 1.82) is 0 Å². The van der Waals surface area contributed by atoms with Crippen LogP contribution in [-0.2, 0) is 16.0 Å². The van der Waals surface area contributed by atoms with Crippen molar-refractivity contribution in [3.63, 3.8) is 0 Å². The topological polar surface area (TPSA) is 100 Å². The van der Waals surface area contributed by atoms with Gasteiger partial charge in [-0.3, -0.25) is 14.6 Å². The van der Waals surface area contributed by atoms with Crippen LogP contribution in [0.25, 0.3) is 0 Å². The van der Waals surface area contributed by atoms with Crippen molar-refractivity contribution < 1.29 is 9.53 Å². The van der Waals surface area contributed by atoms with Gasteiger partial charge in [-0.2, -0.15) is 0 Å². The molecule has 0 radical (unpaired) electrons. The number of aromatic nitrogens is 3. The van der Waals surface area contributed by atoms with Gasteiger partial charge >= 0.3 is 5.97 Å². The number of esters is 1. The molecular formula is C13H21N5O3. The summed E-state index contributed by atoms with van der Waals surface area (Å²) in [5.41, 5.74) is -0.0366. The van der Waals surface area contributed by atoms with E-state index < -0.39 is 0 Å². The molecule has 21 heavy (non-hydrogen) atoms. The Hall–Kier alpha value is -1.96. The van der Waals surface area contributed by atoms with Crippen LogP contribution >= 0.6 is 0 Å². The van der Waals surface area contributed by atoms with Crippen LogP contribution < -0.4 is 15.8 Å². The van der Waals surface area contributed by atoms with E-state index in [9.17, 15) is 9.59 Å². The molecule has 1 aliphatic rings. The average molecular weight is 295 g/mol. The molecule has 0 saturated carbocycles. The Labute approximate surface area is 122 Å². The van der Waals surface area contributed by atoms with Gasteiger partial charge in [-0.25, -0.2) is 0 Å². The summed E-state index contributed by atoms with van der Waals surface area (Å²) in [6.07, 6.45) is 0.204. The van der Waals surface area contributed by atoms with Gasteiger partial charge in [0.05, 0.1) is 12.5 Å². The molecule has 1 fully saturated rings. The highest BCUT2D eigenvalue weighted by Gasteiger charge is 2.15. The molecular weight excluding hydrogens is 274 g/mol. The smallest absolute Gasteiger partial charge is 0.306 e. The Bertz CT molecular complexity index is 537. The number of anilines is 1. The maximum Gasteiger partial charge on any atom is 0.306 e. The highest BCUT2D eigenvalue weighted by atomic mass is 16.5. The fraction of sp³-hybridized carbons (Fsp3) is 0.692. The zero-order valence-corrected chi connectivity index (χ0v) is 12.4. The van der Waals surface area contributed by atoms with Crippen LogP contribution in [0.3, 0.4) is 0 Å². The van der Waals surface area contributed by atoms with Crippen molar-refractivity contribution in [1.82, 2.24) is 20.5 Å². The molecule has 0 unspecified atom stereocenters. The Morgan fingerprint density at radius 2 is 2.05 bits per heavy atom. The van der Waals surface area contributed by atoms with Gasteiger partial charge in [0.1, 0.15) is 5.69 Å². The van der Waals surface area contributed by atoms with E-state index in [2.05, 4.69) is 20.5 Å². The van der Waals surface area contributed by atoms with Crippen LogP contribution in [0.5, 0.6) is 0 Å². The first-order valence-corrected chi connectivity index (χ1v) is 7.17. The number of hydrogen-bond acceptors (Lipinski definition) is 7. The minimum Gasteiger partial charge on any atom is -0.463 e. The maximum atomic E-state index is 12.0. The van der Waals surface area contributed by atoms with Gasteiger partial charge in [-0.15, -0.1) is 10.2 Å². The Morgan fingerprint density at radius 3 is 2.67 bits per heavy atom. The van der Waals surface area contributed by atoms with Crippen LogP contribution in [0.15, 0.2) is 4.79 Å². The highest BCUT2D eigenvalue weighted by molar-refractivity contribution is 5.69. The number of aryl methyl sites for hydroxylation is 1. The van der Waals surface area contributed by atoms with E-state index in [-0.39, 0.29) is 36.2 Å². The summed E-state index contributed by atoms with van der Waals surface area (Å²) >= 11 is 0. The summed E-state index contributed by atoms with van der Waals surface area (Å²) < 4.78 is 5.02. The molecule has 0 spiro atoms. The van der Waals surface area contributed by atoms with E-state index in [0.29, 0.717) is 5.95 Å². The monoisotopic (exact) mass is 295 g/mol. The number of piperazine rings is 1. The minimum atomic E-state index is -0.336. The van der Waals surface area contributed by atoms with E-state index in [0.717, 1.165) is 26.2 Å². The number of carbonyl (C=O) groups excluding carboxylic acids is 1. The van der Waals surface area contributed by atoms with E-state index in [4.69, 9.17) is 4.74 Å². The molecule has 0 aromatic carbocycles. The molecule has 8 heteroatoms. The molecule has 1 aromatic heterocycles. The number of rotatable bonds is 5. The minimum absolute atomic E-state index is 0.128. The Kier molecular flexibility index (Phi) is 5.26. The van der Waals surface area contributed by atoms with Gasteiger partial charge in [0.15, 0.2) is 0 Å². The first kappa shape index (κ1) is 15.4. The lowest BCUT2D eigenvalue weighted by Crippen LogP contribution is -2.45. The van der Waals surface area contributed by atoms with E-state index >= 15 is 0 Å². The largest absolute Gasteiger partial charge is 0.463 e. The SMILES string of the molecule is CC(C)OC(=O)CCc1nnc(N2CCNCC2)[nH]c1=O. The molecule has 0 atom stereocenters. The van der Waals surface area contributed by atoms with Gasteiger partial charge in [-0.05, 0) is 13.8 Å². The van der Waals surface area contributed by atoms with Gasteiger partial charge in [0, 0.05) is 32.6 Å². The summed E-state index contributed by atoms with van der Waals surface area (Å²) in [7, 11) is 0. The lowest BCUT2D eigenvalue weighted by atomic mass is 10.2. The molecule has 2 rings (SSSR count). The third kappa shape index (κ3) is 4.52. The predicted molar refractivity (Wildman–Crippen MR) is 77.3 cm³/mol. The second kappa shape index (κ2) is 7.16. The molecule has 1 aromatic rings. The third-order valence-electron chi connectivity index (χ3n) is 3.10. The van der Waals surface area contributed by atoms with Crippen LogP contribution in [0.1, 0.15) is 26.0 Å². The summed E-state index contributed by atoms with van der Waals surface area (Å²) in [4.78, 5) is 28.1. The summed E-state index contributed by atoms with van der Waals surface area (Å²) in [5, 5.41) is 11.2. The van der Waals surface area contributed by atoms with Crippen molar-refractivity contribution in [2.45, 2.75) is 32.8 Å². The maximum absolute atomic E-state index is 12.0. The van der Waals surface area contributed by atoms with Gasteiger partial charge in [-0.1, -0.05) is 0 Å². The number of nitrogens with zero attached hydrogens (tertiary/aromatic N) is 3. The average Bonchev–Trinajstić information content (AvgIpc) is 2.46. The van der Waals surface area contributed by atoms with Crippen molar-refractivity contribution in [2.75, 3.05) is 31.1 Å². The molecule has 1 aliphatic heterocycles. The fourth-order valence-corrected chi connectivity index (χ4v) is 2.08. The fourth-order valence-electron chi connectivity index (χ4n) is 2.08. The second-order valence-electron chi connectivity index (χ2n) is 5.20. The molecule has 0 amide bonds. The number of hydrogen-bond donors (Lipinski definition) is 2. The molecule has 0 bridgehead atoms. The number of ether oxygens (including phenoxy) is 1.